The van der Waals surface area contributed by atoms with Crippen molar-refractivity contribution < 1.29 is 4.79 Å². The molecule has 0 unspecified atom stereocenters. The van der Waals surface area contributed by atoms with Crippen molar-refractivity contribution in [2.24, 2.45) is 11.8 Å². The molecule has 0 aromatic rings. The Kier molecular flexibility index (Phi) is 1.66. The van der Waals surface area contributed by atoms with Gasteiger partial charge in [0.1, 0.15) is 11.8 Å². The molecule has 2 rings (SSSR count). The molecule has 0 N–H and O–H groups in total. The summed E-state index contributed by atoms with van der Waals surface area (Å²) in [5.74, 6) is 0.858. The van der Waals surface area contributed by atoms with Crippen LogP contribution >= 0.6 is 0 Å². The molecule has 3 atom stereocenters. The highest BCUT2D eigenvalue weighted by Gasteiger charge is 2.47. The number of hydrogen-bond acceptors (Lipinski definition) is 3. The van der Waals surface area contributed by atoms with E-state index in [1.165, 1.54) is 0 Å². The number of ketones is 1. The Bertz CT molecular complexity index is 256. The van der Waals surface area contributed by atoms with E-state index in [0.717, 1.165) is 13.0 Å². The standard InChI is InChI=1S/C9H12N2O/c1-11-5-7-6(8(11)4-10)2-3-9(7)12/h6-8H,2-3,5H2,1H3/t6-,7-,8-/m1/s1. The van der Waals surface area contributed by atoms with Gasteiger partial charge in [0.05, 0.1) is 6.07 Å². The summed E-state index contributed by atoms with van der Waals surface area (Å²) in [6.45, 7) is 0.793. The topological polar surface area (TPSA) is 44.1 Å². The van der Waals surface area contributed by atoms with Crippen LogP contribution in [0.4, 0.5) is 0 Å². The van der Waals surface area contributed by atoms with Crippen molar-refractivity contribution in [1.29, 1.82) is 5.26 Å². The van der Waals surface area contributed by atoms with E-state index in [4.69, 9.17) is 5.26 Å². The van der Waals surface area contributed by atoms with E-state index in [1.807, 2.05) is 11.9 Å². The van der Waals surface area contributed by atoms with E-state index in [1.54, 1.807) is 0 Å². The molecule has 64 valence electrons. The lowest BCUT2D eigenvalue weighted by Gasteiger charge is -2.15. The fourth-order valence-electron chi connectivity index (χ4n) is 2.49. The molecule has 0 aromatic heterocycles. The number of carbonyl (C=O) groups is 1. The third-order valence-electron chi connectivity index (χ3n) is 3.15. The number of carbonyl (C=O) groups excluding carboxylic acids is 1. The van der Waals surface area contributed by atoms with Crippen LogP contribution in [0.15, 0.2) is 0 Å². The van der Waals surface area contributed by atoms with Crippen molar-refractivity contribution in [3.63, 3.8) is 0 Å². The minimum absolute atomic E-state index is 0.0125. The molecule has 3 heteroatoms. The summed E-state index contributed by atoms with van der Waals surface area (Å²) < 4.78 is 0. The summed E-state index contributed by atoms with van der Waals surface area (Å²) in [4.78, 5) is 13.3. The van der Waals surface area contributed by atoms with Crippen LogP contribution < -0.4 is 0 Å². The number of Topliss-reactive ketones (excluding diaryl/α,β-unsaturated/α-hetero) is 1. The summed E-state index contributed by atoms with van der Waals surface area (Å²) in [5.41, 5.74) is 0. The molecule has 0 bridgehead atoms. The van der Waals surface area contributed by atoms with Crippen molar-refractivity contribution in [1.82, 2.24) is 4.90 Å². The van der Waals surface area contributed by atoms with Crippen molar-refractivity contribution in [3.8, 4) is 6.07 Å². The molecule has 3 nitrogen and oxygen atoms in total. The second-order valence-electron chi connectivity index (χ2n) is 3.79. The normalized spacial score (nSPS) is 41.3. The van der Waals surface area contributed by atoms with Crippen LogP contribution in [0.25, 0.3) is 0 Å². The van der Waals surface area contributed by atoms with Gasteiger partial charge < -0.3 is 0 Å². The largest absolute Gasteiger partial charge is 0.299 e. The van der Waals surface area contributed by atoms with Crippen LogP contribution in [0.2, 0.25) is 0 Å². The third-order valence-corrected chi connectivity index (χ3v) is 3.15. The third kappa shape index (κ3) is 0.881. The first-order valence-corrected chi connectivity index (χ1v) is 4.36. The maximum atomic E-state index is 11.3. The minimum Gasteiger partial charge on any atom is -0.299 e. The molecule has 2 aliphatic rings. The Morgan fingerprint density at radius 2 is 2.42 bits per heavy atom. The zero-order chi connectivity index (χ0) is 8.72. The summed E-state index contributed by atoms with van der Waals surface area (Å²) in [5, 5.41) is 8.87. The number of hydrogen-bond donors (Lipinski definition) is 0. The van der Waals surface area contributed by atoms with Crippen molar-refractivity contribution >= 4 is 5.78 Å². The van der Waals surface area contributed by atoms with Crippen molar-refractivity contribution in [3.05, 3.63) is 0 Å². The molecular formula is C9H12N2O. The smallest absolute Gasteiger partial charge is 0.137 e. The van der Waals surface area contributed by atoms with E-state index in [2.05, 4.69) is 6.07 Å². The Hall–Kier alpha value is -0.880. The van der Waals surface area contributed by atoms with Gasteiger partial charge in [0.25, 0.3) is 0 Å². The fourth-order valence-corrected chi connectivity index (χ4v) is 2.49. The highest BCUT2D eigenvalue weighted by Crippen LogP contribution is 2.38. The monoisotopic (exact) mass is 164 g/mol. The Morgan fingerprint density at radius 1 is 1.67 bits per heavy atom. The second kappa shape index (κ2) is 2.56. The van der Waals surface area contributed by atoms with E-state index in [0.29, 0.717) is 18.1 Å². The highest BCUT2D eigenvalue weighted by molar-refractivity contribution is 5.84. The van der Waals surface area contributed by atoms with Gasteiger partial charge in [-0.1, -0.05) is 0 Å². The van der Waals surface area contributed by atoms with Gasteiger partial charge in [-0.15, -0.1) is 0 Å². The van der Waals surface area contributed by atoms with E-state index in [9.17, 15) is 4.79 Å². The molecule has 1 aliphatic carbocycles. The second-order valence-corrected chi connectivity index (χ2v) is 3.79. The van der Waals surface area contributed by atoms with Crippen LogP contribution in [-0.4, -0.2) is 30.3 Å². The van der Waals surface area contributed by atoms with Gasteiger partial charge in [0, 0.05) is 18.9 Å². The van der Waals surface area contributed by atoms with Gasteiger partial charge in [0.2, 0.25) is 0 Å². The zero-order valence-corrected chi connectivity index (χ0v) is 7.16. The first kappa shape index (κ1) is 7.75. The number of nitrogens with zero attached hydrogens (tertiary/aromatic N) is 2. The quantitative estimate of drug-likeness (QED) is 0.521. The lowest BCUT2D eigenvalue weighted by atomic mass is 9.94. The average molecular weight is 164 g/mol. The molecule has 1 saturated heterocycles. The molecule has 0 spiro atoms. The molecule has 0 radical (unpaired) electrons. The molecule has 12 heavy (non-hydrogen) atoms. The highest BCUT2D eigenvalue weighted by atomic mass is 16.1. The lowest BCUT2D eigenvalue weighted by Crippen LogP contribution is -2.27. The molecule has 1 aliphatic heterocycles. The summed E-state index contributed by atoms with van der Waals surface area (Å²) in [7, 11) is 1.93. The average Bonchev–Trinajstić information content (AvgIpc) is 2.52. The Balaban J connectivity index is 2.22. The maximum absolute atomic E-state index is 11.3. The van der Waals surface area contributed by atoms with Crippen molar-refractivity contribution in [2.45, 2.75) is 18.9 Å². The first-order valence-electron chi connectivity index (χ1n) is 4.36. The first-order chi connectivity index (χ1) is 5.74. The van der Waals surface area contributed by atoms with Gasteiger partial charge in [-0.3, -0.25) is 9.69 Å². The lowest BCUT2D eigenvalue weighted by molar-refractivity contribution is -0.120. The minimum atomic E-state index is -0.0125. The molecular weight excluding hydrogens is 152 g/mol. The molecule has 0 amide bonds. The summed E-state index contributed by atoms with van der Waals surface area (Å²) in [6, 6.07) is 2.27. The zero-order valence-electron chi connectivity index (χ0n) is 7.16. The Morgan fingerprint density at radius 3 is 3.08 bits per heavy atom. The summed E-state index contributed by atoms with van der Waals surface area (Å²) >= 11 is 0. The number of nitriles is 1. The maximum Gasteiger partial charge on any atom is 0.137 e. The van der Waals surface area contributed by atoms with Crippen LogP contribution in [0.5, 0.6) is 0 Å². The van der Waals surface area contributed by atoms with Gasteiger partial charge >= 0.3 is 0 Å². The SMILES string of the molecule is CN1C[C@H]2C(=O)CC[C@H]2[C@H]1C#N. The van der Waals surface area contributed by atoms with Crippen LogP contribution in [0.3, 0.4) is 0 Å². The number of fused-ring (bicyclic) bond motifs is 1. The summed E-state index contributed by atoms with van der Waals surface area (Å²) in [6.07, 6.45) is 1.62. The molecule has 1 heterocycles. The van der Waals surface area contributed by atoms with E-state index >= 15 is 0 Å². The number of rotatable bonds is 0. The molecule has 1 saturated carbocycles. The fraction of sp³-hybridized carbons (Fsp3) is 0.778. The van der Waals surface area contributed by atoms with Gasteiger partial charge in [-0.25, -0.2) is 0 Å². The van der Waals surface area contributed by atoms with Crippen LogP contribution in [0, 0.1) is 23.2 Å². The Labute approximate surface area is 72.0 Å². The van der Waals surface area contributed by atoms with E-state index < -0.39 is 0 Å². The molecule has 2 fully saturated rings. The predicted octanol–water partition coefficient (Wildman–Crippen LogP) is 0.419. The van der Waals surface area contributed by atoms with Gasteiger partial charge in [0.15, 0.2) is 0 Å². The van der Waals surface area contributed by atoms with Crippen molar-refractivity contribution in [2.75, 3.05) is 13.6 Å². The molecule has 0 aromatic carbocycles. The van der Waals surface area contributed by atoms with Gasteiger partial charge in [-0.2, -0.15) is 5.26 Å². The van der Waals surface area contributed by atoms with Gasteiger partial charge in [-0.05, 0) is 19.4 Å². The van der Waals surface area contributed by atoms with Crippen LogP contribution in [0.1, 0.15) is 12.8 Å². The van der Waals surface area contributed by atoms with Crippen LogP contribution in [-0.2, 0) is 4.79 Å². The number of likely N-dealkylation sites (tertiary alicyclic amines) is 1. The predicted molar refractivity (Wildman–Crippen MR) is 43.3 cm³/mol. The van der Waals surface area contributed by atoms with E-state index in [-0.39, 0.29) is 12.0 Å².